The molecule has 0 saturated heterocycles. The first-order valence-electron chi connectivity index (χ1n) is 10.4. The summed E-state index contributed by atoms with van der Waals surface area (Å²) in [6.07, 6.45) is 4.45. The third kappa shape index (κ3) is 5.07. The zero-order valence-corrected chi connectivity index (χ0v) is 18.6. The zero-order valence-electron chi connectivity index (χ0n) is 17.1. The van der Waals surface area contributed by atoms with E-state index in [0.29, 0.717) is 16.1 Å². The molecule has 4 rings (SSSR count). The molecule has 154 valence electrons. The highest BCUT2D eigenvalue weighted by molar-refractivity contribution is 6.35. The van der Waals surface area contributed by atoms with E-state index in [1.54, 1.807) is 6.07 Å². The smallest absolute Gasteiger partial charge is 0.0491 e. The third-order valence-corrected chi connectivity index (χ3v) is 6.16. The number of aryl methyl sites for hydroxylation is 1. The van der Waals surface area contributed by atoms with Gasteiger partial charge in [0.2, 0.25) is 0 Å². The molecule has 0 aliphatic rings. The average molecular weight is 437 g/mol. The highest BCUT2D eigenvalue weighted by Crippen LogP contribution is 2.26. The zero-order chi connectivity index (χ0) is 20.9. The summed E-state index contributed by atoms with van der Waals surface area (Å²) in [5.41, 5.74) is 4.99. The molecule has 4 heteroatoms. The lowest BCUT2D eigenvalue weighted by atomic mass is 10.1. The van der Waals surface area contributed by atoms with Crippen LogP contribution in [0.1, 0.15) is 30.0 Å². The van der Waals surface area contributed by atoms with Crippen molar-refractivity contribution in [3.8, 4) is 0 Å². The van der Waals surface area contributed by atoms with Gasteiger partial charge in [-0.05, 0) is 54.7 Å². The fraction of sp³-hybridized carbons (Fsp3) is 0.231. The molecule has 1 aromatic heterocycles. The van der Waals surface area contributed by atoms with E-state index in [0.717, 1.165) is 31.5 Å². The molecule has 0 amide bonds. The van der Waals surface area contributed by atoms with E-state index >= 15 is 0 Å². The van der Waals surface area contributed by atoms with Gasteiger partial charge in [-0.15, -0.1) is 0 Å². The lowest BCUT2D eigenvalue weighted by Gasteiger charge is -2.13. The van der Waals surface area contributed by atoms with E-state index in [4.69, 9.17) is 23.2 Å². The number of aromatic nitrogens is 1. The second-order valence-corrected chi connectivity index (χ2v) is 8.68. The Morgan fingerprint density at radius 2 is 1.67 bits per heavy atom. The summed E-state index contributed by atoms with van der Waals surface area (Å²) in [5.74, 6) is 0. The lowest BCUT2D eigenvalue weighted by molar-refractivity contribution is 0.514. The van der Waals surface area contributed by atoms with E-state index in [9.17, 15) is 0 Å². The van der Waals surface area contributed by atoms with Gasteiger partial charge in [-0.3, -0.25) is 0 Å². The predicted octanol–water partition coefficient (Wildman–Crippen LogP) is 7.11. The van der Waals surface area contributed by atoms with Crippen molar-refractivity contribution in [1.29, 1.82) is 0 Å². The van der Waals surface area contributed by atoms with Crippen molar-refractivity contribution in [2.45, 2.75) is 38.9 Å². The number of hydrogen-bond acceptors (Lipinski definition) is 1. The van der Waals surface area contributed by atoms with Crippen LogP contribution in [-0.4, -0.2) is 10.6 Å². The first kappa shape index (κ1) is 21.0. The van der Waals surface area contributed by atoms with Gasteiger partial charge in [-0.1, -0.05) is 77.8 Å². The summed E-state index contributed by atoms with van der Waals surface area (Å²) in [7, 11) is 0. The van der Waals surface area contributed by atoms with Crippen molar-refractivity contribution in [3.05, 3.63) is 106 Å². The van der Waals surface area contributed by atoms with Crippen molar-refractivity contribution in [3.63, 3.8) is 0 Å². The molecule has 4 aromatic rings. The summed E-state index contributed by atoms with van der Waals surface area (Å²) in [4.78, 5) is 0. The van der Waals surface area contributed by atoms with Crippen LogP contribution in [0.4, 0.5) is 0 Å². The molecule has 0 aliphatic carbocycles. The molecule has 2 nitrogen and oxygen atoms in total. The normalized spacial score (nSPS) is 12.4. The van der Waals surface area contributed by atoms with Crippen molar-refractivity contribution in [1.82, 2.24) is 9.88 Å². The van der Waals surface area contributed by atoms with Gasteiger partial charge in [-0.2, -0.15) is 0 Å². The van der Waals surface area contributed by atoms with E-state index in [-0.39, 0.29) is 0 Å². The Kier molecular flexibility index (Phi) is 6.79. The minimum atomic E-state index is 0.443. The first-order valence-corrected chi connectivity index (χ1v) is 11.1. The lowest BCUT2D eigenvalue weighted by Crippen LogP contribution is -2.25. The minimum Gasteiger partial charge on any atom is -0.343 e. The standard InChI is InChI=1S/C26H26Cl2N2/c1-19(11-12-20-7-3-2-4-8-20)29-16-22-18-30(26-10-6-5-9-24(22)26)17-21-13-14-23(27)15-25(21)28/h2-10,13-15,18-19,29H,11-12,16-17H2,1H3/t19-/m1/s1. The number of hydrogen-bond donors (Lipinski definition) is 1. The number of fused-ring (bicyclic) bond motifs is 1. The van der Waals surface area contributed by atoms with Crippen LogP contribution in [0.5, 0.6) is 0 Å². The van der Waals surface area contributed by atoms with Crippen LogP contribution in [0.2, 0.25) is 10.0 Å². The molecule has 0 unspecified atom stereocenters. The summed E-state index contributed by atoms with van der Waals surface area (Å²) in [6.45, 7) is 3.83. The van der Waals surface area contributed by atoms with Crippen LogP contribution >= 0.6 is 23.2 Å². The van der Waals surface area contributed by atoms with Crippen LogP contribution in [0.3, 0.4) is 0 Å². The topological polar surface area (TPSA) is 17.0 Å². The van der Waals surface area contributed by atoms with E-state index in [2.05, 4.69) is 77.6 Å². The summed E-state index contributed by atoms with van der Waals surface area (Å²) < 4.78 is 2.27. The Balaban J connectivity index is 1.46. The molecule has 1 atom stereocenters. The number of nitrogens with one attached hydrogen (secondary N) is 1. The monoisotopic (exact) mass is 436 g/mol. The fourth-order valence-corrected chi connectivity index (χ4v) is 4.31. The quantitative estimate of drug-likeness (QED) is 0.311. The average Bonchev–Trinajstić information content (AvgIpc) is 3.11. The van der Waals surface area contributed by atoms with E-state index in [1.165, 1.54) is 22.0 Å². The molecule has 1 N–H and O–H groups in total. The van der Waals surface area contributed by atoms with Gasteiger partial charge >= 0.3 is 0 Å². The predicted molar refractivity (Wildman–Crippen MR) is 129 cm³/mol. The van der Waals surface area contributed by atoms with Crippen molar-refractivity contribution in [2.24, 2.45) is 0 Å². The Morgan fingerprint density at radius 3 is 2.47 bits per heavy atom. The maximum Gasteiger partial charge on any atom is 0.0491 e. The Hall–Kier alpha value is -2.26. The maximum absolute atomic E-state index is 6.42. The summed E-state index contributed by atoms with van der Waals surface area (Å²) in [6, 6.07) is 25.4. The Morgan fingerprint density at radius 1 is 0.900 bits per heavy atom. The molecule has 0 radical (unpaired) electrons. The molecule has 3 aromatic carbocycles. The van der Waals surface area contributed by atoms with Crippen LogP contribution < -0.4 is 5.32 Å². The number of para-hydroxylation sites is 1. The van der Waals surface area contributed by atoms with Crippen molar-refractivity contribution >= 4 is 34.1 Å². The van der Waals surface area contributed by atoms with Crippen LogP contribution in [0, 0.1) is 0 Å². The summed E-state index contributed by atoms with van der Waals surface area (Å²) >= 11 is 12.5. The van der Waals surface area contributed by atoms with Gasteiger partial charge < -0.3 is 9.88 Å². The van der Waals surface area contributed by atoms with Crippen molar-refractivity contribution in [2.75, 3.05) is 0 Å². The van der Waals surface area contributed by atoms with Crippen LogP contribution in [-0.2, 0) is 19.5 Å². The Bertz CT molecular complexity index is 1120. The fourth-order valence-electron chi connectivity index (χ4n) is 3.84. The first-order chi connectivity index (χ1) is 14.6. The molecular formula is C26H26Cl2N2. The van der Waals surface area contributed by atoms with Gasteiger partial charge in [0.25, 0.3) is 0 Å². The van der Waals surface area contributed by atoms with Crippen LogP contribution in [0.25, 0.3) is 10.9 Å². The molecule has 0 saturated carbocycles. The highest BCUT2D eigenvalue weighted by atomic mass is 35.5. The van der Waals surface area contributed by atoms with Gasteiger partial charge in [-0.25, -0.2) is 0 Å². The number of rotatable bonds is 8. The number of nitrogens with zero attached hydrogens (tertiary/aromatic N) is 1. The molecule has 0 spiro atoms. The SMILES string of the molecule is C[C@H](CCc1ccccc1)NCc1cn(Cc2ccc(Cl)cc2Cl)c2ccccc12. The second kappa shape index (κ2) is 9.70. The van der Waals surface area contributed by atoms with Gasteiger partial charge in [0.15, 0.2) is 0 Å². The summed E-state index contributed by atoms with van der Waals surface area (Å²) in [5, 5.41) is 6.35. The minimum absolute atomic E-state index is 0.443. The highest BCUT2D eigenvalue weighted by Gasteiger charge is 2.11. The second-order valence-electron chi connectivity index (χ2n) is 7.84. The van der Waals surface area contributed by atoms with Gasteiger partial charge in [0.1, 0.15) is 0 Å². The van der Waals surface area contributed by atoms with Crippen molar-refractivity contribution < 1.29 is 0 Å². The van der Waals surface area contributed by atoms with E-state index < -0.39 is 0 Å². The molecule has 0 bridgehead atoms. The third-order valence-electron chi connectivity index (χ3n) is 5.58. The van der Waals surface area contributed by atoms with Gasteiger partial charge in [0.05, 0.1) is 0 Å². The largest absolute Gasteiger partial charge is 0.343 e. The molecule has 30 heavy (non-hydrogen) atoms. The number of halogens is 2. The molecule has 1 heterocycles. The van der Waals surface area contributed by atoms with Gasteiger partial charge in [0, 0.05) is 46.3 Å². The van der Waals surface area contributed by atoms with Crippen LogP contribution in [0.15, 0.2) is 79.0 Å². The maximum atomic E-state index is 6.42. The molecular weight excluding hydrogens is 411 g/mol. The van der Waals surface area contributed by atoms with E-state index in [1.807, 2.05) is 12.1 Å². The number of benzene rings is 3. The molecule has 0 fully saturated rings. The molecule has 0 aliphatic heterocycles. The Labute approximate surface area is 188 Å².